The average Bonchev–Trinajstić information content (AvgIpc) is 3.24. The van der Waals surface area contributed by atoms with Gasteiger partial charge in [0.05, 0.1) is 11.4 Å². The van der Waals surface area contributed by atoms with Crippen LogP contribution in [0.2, 0.25) is 0 Å². The Morgan fingerprint density at radius 3 is 2.52 bits per heavy atom. The van der Waals surface area contributed by atoms with Crippen LogP contribution in [0.5, 0.6) is 0 Å². The molecule has 0 aliphatic heterocycles. The third kappa shape index (κ3) is 5.73. The summed E-state index contributed by atoms with van der Waals surface area (Å²) < 4.78 is 14.3. The quantitative estimate of drug-likeness (QED) is 0.396. The van der Waals surface area contributed by atoms with Crippen molar-refractivity contribution in [3.63, 3.8) is 0 Å². The Hall–Kier alpha value is -3.32. The first-order valence-corrected chi connectivity index (χ1v) is 11.9. The van der Waals surface area contributed by atoms with E-state index < -0.39 is 5.82 Å². The molecule has 33 heavy (non-hydrogen) atoms. The highest BCUT2D eigenvalue weighted by molar-refractivity contribution is 7.14. The number of carbonyl (C=O) groups excluding carboxylic acids is 2. The molecule has 0 N–H and O–H groups in total. The van der Waals surface area contributed by atoms with Gasteiger partial charge in [0.25, 0.3) is 0 Å². The van der Waals surface area contributed by atoms with Crippen LogP contribution in [0.15, 0.2) is 66.1 Å². The van der Waals surface area contributed by atoms with E-state index in [1.807, 2.05) is 35.2 Å². The smallest absolute Gasteiger partial charge is 0.246 e. The minimum absolute atomic E-state index is 0.0715. The van der Waals surface area contributed by atoms with Crippen molar-refractivity contribution in [3.05, 3.63) is 83.1 Å². The van der Waals surface area contributed by atoms with E-state index in [1.54, 1.807) is 29.7 Å². The van der Waals surface area contributed by atoms with Gasteiger partial charge in [0, 0.05) is 31.5 Å². The zero-order chi connectivity index (χ0) is 23.2. The molecule has 0 unspecified atom stereocenters. The standard InChI is InChI=1S/C26H26FN3O2S/c1-19(31)30(24-13-6-5-12-23(24)27)26-28-22(18-33-26)14-15-25(32)29(17-21-10-7-11-21)16-20-8-3-2-4-9-20/h2-6,8-9,12-15,18,21H,7,10-11,16-17H2,1H3/b15-14+. The van der Waals surface area contributed by atoms with E-state index >= 15 is 0 Å². The first-order valence-electron chi connectivity index (χ1n) is 11.0. The summed E-state index contributed by atoms with van der Waals surface area (Å²) in [7, 11) is 0. The van der Waals surface area contributed by atoms with Gasteiger partial charge in [-0.3, -0.25) is 14.5 Å². The van der Waals surface area contributed by atoms with Gasteiger partial charge in [-0.1, -0.05) is 48.9 Å². The molecule has 0 radical (unpaired) electrons. The van der Waals surface area contributed by atoms with E-state index in [2.05, 4.69) is 4.98 Å². The number of hydrogen-bond donors (Lipinski definition) is 0. The number of hydrogen-bond acceptors (Lipinski definition) is 4. The van der Waals surface area contributed by atoms with E-state index in [0.717, 1.165) is 24.9 Å². The molecule has 2 aromatic carbocycles. The molecule has 0 atom stereocenters. The highest BCUT2D eigenvalue weighted by Gasteiger charge is 2.23. The number of carbonyl (C=O) groups is 2. The fourth-order valence-corrected chi connectivity index (χ4v) is 4.63. The summed E-state index contributed by atoms with van der Waals surface area (Å²) in [5.41, 5.74) is 1.80. The number of para-hydroxylation sites is 1. The lowest BCUT2D eigenvalue weighted by atomic mass is 9.85. The molecule has 7 heteroatoms. The van der Waals surface area contributed by atoms with Crippen molar-refractivity contribution < 1.29 is 14.0 Å². The number of thiazole rings is 1. The number of anilines is 2. The molecule has 3 aromatic rings. The molecule has 0 saturated heterocycles. The van der Waals surface area contributed by atoms with Crippen molar-refractivity contribution in [3.8, 4) is 0 Å². The second kappa shape index (κ2) is 10.5. The SMILES string of the molecule is CC(=O)N(c1nc(/C=C/C(=O)N(Cc2ccccc2)CC2CCC2)cs1)c1ccccc1F. The Morgan fingerprint density at radius 1 is 1.12 bits per heavy atom. The van der Waals surface area contributed by atoms with E-state index in [1.165, 1.54) is 41.7 Å². The van der Waals surface area contributed by atoms with Crippen molar-refractivity contribution in [2.45, 2.75) is 32.7 Å². The minimum Gasteiger partial charge on any atom is -0.335 e. The summed E-state index contributed by atoms with van der Waals surface area (Å²) in [5, 5.41) is 2.11. The van der Waals surface area contributed by atoms with Crippen molar-refractivity contribution in [1.29, 1.82) is 0 Å². The fourth-order valence-electron chi connectivity index (χ4n) is 3.78. The van der Waals surface area contributed by atoms with Gasteiger partial charge in [0.1, 0.15) is 5.82 Å². The minimum atomic E-state index is -0.497. The topological polar surface area (TPSA) is 53.5 Å². The van der Waals surface area contributed by atoms with Gasteiger partial charge in [-0.25, -0.2) is 9.37 Å². The first-order chi connectivity index (χ1) is 16.0. The maximum Gasteiger partial charge on any atom is 0.246 e. The predicted octanol–water partition coefficient (Wildman–Crippen LogP) is 5.81. The second-order valence-electron chi connectivity index (χ2n) is 8.20. The molecule has 1 fully saturated rings. The van der Waals surface area contributed by atoms with Crippen LogP contribution in [-0.4, -0.2) is 28.2 Å². The fraction of sp³-hybridized carbons (Fsp3) is 0.269. The summed E-state index contributed by atoms with van der Waals surface area (Å²) >= 11 is 1.23. The van der Waals surface area contributed by atoms with E-state index in [4.69, 9.17) is 0 Å². The van der Waals surface area contributed by atoms with Gasteiger partial charge in [0.2, 0.25) is 11.8 Å². The second-order valence-corrected chi connectivity index (χ2v) is 9.03. The molecule has 0 spiro atoms. The molecule has 1 saturated carbocycles. The molecule has 1 heterocycles. The largest absolute Gasteiger partial charge is 0.335 e. The highest BCUT2D eigenvalue weighted by atomic mass is 32.1. The zero-order valence-electron chi connectivity index (χ0n) is 18.5. The maximum absolute atomic E-state index is 14.3. The van der Waals surface area contributed by atoms with E-state index in [0.29, 0.717) is 23.3 Å². The predicted molar refractivity (Wildman–Crippen MR) is 130 cm³/mol. The van der Waals surface area contributed by atoms with Crippen molar-refractivity contribution in [2.24, 2.45) is 5.92 Å². The lowest BCUT2D eigenvalue weighted by molar-refractivity contribution is -0.127. The molecule has 1 aliphatic carbocycles. The van der Waals surface area contributed by atoms with Gasteiger partial charge in [0.15, 0.2) is 5.13 Å². The Kier molecular flexibility index (Phi) is 7.29. The van der Waals surface area contributed by atoms with Crippen molar-refractivity contribution in [1.82, 2.24) is 9.88 Å². The Bertz CT molecular complexity index is 1140. The van der Waals surface area contributed by atoms with Crippen LogP contribution in [0.3, 0.4) is 0 Å². The summed E-state index contributed by atoms with van der Waals surface area (Å²) in [6, 6.07) is 16.1. The first kappa shape index (κ1) is 22.9. The highest BCUT2D eigenvalue weighted by Crippen LogP contribution is 2.31. The van der Waals surface area contributed by atoms with Crippen molar-refractivity contribution in [2.75, 3.05) is 11.4 Å². The van der Waals surface area contributed by atoms with Crippen LogP contribution in [0.4, 0.5) is 15.2 Å². The number of rotatable bonds is 8. The Labute approximate surface area is 197 Å². The van der Waals surface area contributed by atoms with Crippen molar-refractivity contribution >= 4 is 40.0 Å². The molecular formula is C26H26FN3O2S. The van der Waals surface area contributed by atoms with Crippen LogP contribution >= 0.6 is 11.3 Å². The normalized spacial score (nSPS) is 13.6. The summed E-state index contributed by atoms with van der Waals surface area (Å²) in [6.07, 6.45) is 6.73. The summed E-state index contributed by atoms with van der Waals surface area (Å²) in [4.78, 5) is 32.8. The van der Waals surface area contributed by atoms with E-state index in [-0.39, 0.29) is 17.5 Å². The van der Waals surface area contributed by atoms with Gasteiger partial charge < -0.3 is 4.90 Å². The van der Waals surface area contributed by atoms with Crippen LogP contribution < -0.4 is 4.90 Å². The molecule has 2 amide bonds. The zero-order valence-corrected chi connectivity index (χ0v) is 19.3. The molecule has 4 rings (SSSR count). The summed E-state index contributed by atoms with van der Waals surface area (Å²) in [5.74, 6) is -0.349. The lowest BCUT2D eigenvalue weighted by Crippen LogP contribution is -2.36. The van der Waals surface area contributed by atoms with Crippen LogP contribution in [0, 0.1) is 11.7 Å². The van der Waals surface area contributed by atoms with Crippen LogP contribution in [-0.2, 0) is 16.1 Å². The number of aromatic nitrogens is 1. The van der Waals surface area contributed by atoms with E-state index in [9.17, 15) is 14.0 Å². The Balaban J connectivity index is 1.49. The summed E-state index contributed by atoms with van der Waals surface area (Å²) in [6.45, 7) is 2.68. The molecule has 1 aromatic heterocycles. The average molecular weight is 464 g/mol. The van der Waals surface area contributed by atoms with Gasteiger partial charge >= 0.3 is 0 Å². The molecular weight excluding hydrogens is 437 g/mol. The third-order valence-electron chi connectivity index (χ3n) is 5.74. The molecule has 1 aliphatic rings. The number of benzene rings is 2. The number of nitrogens with zero attached hydrogens (tertiary/aromatic N) is 3. The Morgan fingerprint density at radius 2 is 1.85 bits per heavy atom. The number of halogens is 1. The molecule has 0 bridgehead atoms. The molecule has 5 nitrogen and oxygen atoms in total. The van der Waals surface area contributed by atoms with Crippen LogP contribution in [0.25, 0.3) is 6.08 Å². The maximum atomic E-state index is 14.3. The third-order valence-corrected chi connectivity index (χ3v) is 6.58. The monoisotopic (exact) mass is 463 g/mol. The lowest BCUT2D eigenvalue weighted by Gasteiger charge is -2.32. The number of amides is 2. The van der Waals surface area contributed by atoms with Gasteiger partial charge in [-0.2, -0.15) is 0 Å². The van der Waals surface area contributed by atoms with Crippen LogP contribution in [0.1, 0.15) is 37.4 Å². The van der Waals surface area contributed by atoms with Gasteiger partial charge in [-0.05, 0) is 42.5 Å². The molecule has 170 valence electrons. The van der Waals surface area contributed by atoms with Gasteiger partial charge in [-0.15, -0.1) is 11.3 Å².